The molecule has 6 nitrogen and oxygen atoms in total. The maximum atomic E-state index is 13.3. The molecule has 3 rings (SSSR count). The Labute approximate surface area is 181 Å². The predicted octanol–water partition coefficient (Wildman–Crippen LogP) is 5.50. The molecule has 2 heterocycles. The Hall–Kier alpha value is -2.94. The van der Waals surface area contributed by atoms with Gasteiger partial charge in [-0.15, -0.1) is 0 Å². The zero-order valence-corrected chi connectivity index (χ0v) is 18.0. The third kappa shape index (κ3) is 4.41. The van der Waals surface area contributed by atoms with Crippen LogP contribution < -0.4 is 9.47 Å². The quantitative estimate of drug-likeness (QED) is 0.458. The summed E-state index contributed by atoms with van der Waals surface area (Å²) in [5, 5.41) is -0.152. The first-order chi connectivity index (χ1) is 14.6. The van der Waals surface area contributed by atoms with Gasteiger partial charge in [-0.1, -0.05) is 31.5 Å². The van der Waals surface area contributed by atoms with Crippen LogP contribution in [0, 0.1) is 0 Å². The largest absolute Gasteiger partial charge is 0.496 e. The van der Waals surface area contributed by atoms with Crippen LogP contribution in [-0.4, -0.2) is 29.6 Å². The number of imidazole rings is 1. The van der Waals surface area contributed by atoms with Gasteiger partial charge in [0, 0.05) is 6.20 Å². The van der Waals surface area contributed by atoms with Gasteiger partial charge in [0.2, 0.25) is 0 Å². The molecule has 0 spiro atoms. The summed E-state index contributed by atoms with van der Waals surface area (Å²) in [6.07, 6.45) is -3.70. The van der Waals surface area contributed by atoms with Crippen LogP contribution in [0.4, 0.5) is 13.2 Å². The second-order valence-electron chi connectivity index (χ2n) is 6.98. The summed E-state index contributed by atoms with van der Waals surface area (Å²) in [6, 6.07) is 5.62. The van der Waals surface area contributed by atoms with E-state index in [0.29, 0.717) is 11.4 Å². The van der Waals surface area contributed by atoms with Gasteiger partial charge in [-0.25, -0.2) is 9.78 Å². The molecule has 0 aliphatic rings. The fourth-order valence-electron chi connectivity index (χ4n) is 3.19. The number of carbonyl (C=O) groups is 1. The first-order valence-corrected chi connectivity index (χ1v) is 9.62. The van der Waals surface area contributed by atoms with E-state index in [1.807, 2.05) is 13.8 Å². The number of nitrogens with zero attached hydrogens (tertiary/aromatic N) is 2. The summed E-state index contributed by atoms with van der Waals surface area (Å²) in [7, 11) is 2.79. The van der Waals surface area contributed by atoms with E-state index in [2.05, 4.69) is 4.98 Å². The van der Waals surface area contributed by atoms with E-state index < -0.39 is 17.7 Å². The van der Waals surface area contributed by atoms with Gasteiger partial charge in [0.15, 0.2) is 5.65 Å². The smallest absolute Gasteiger partial charge is 0.417 e. The highest BCUT2D eigenvalue weighted by Crippen LogP contribution is 2.35. The van der Waals surface area contributed by atoms with Crippen molar-refractivity contribution in [2.45, 2.75) is 32.5 Å². The number of pyridine rings is 1. The number of esters is 1. The molecule has 1 aromatic carbocycles. The average molecular weight is 457 g/mol. The van der Waals surface area contributed by atoms with Crippen LogP contribution in [0.1, 0.15) is 47.1 Å². The van der Waals surface area contributed by atoms with Crippen LogP contribution in [0.15, 0.2) is 30.5 Å². The number of alkyl halides is 3. The van der Waals surface area contributed by atoms with E-state index in [-0.39, 0.29) is 40.3 Å². The molecule has 10 heteroatoms. The van der Waals surface area contributed by atoms with Gasteiger partial charge >= 0.3 is 12.1 Å². The molecule has 0 aliphatic carbocycles. The first-order valence-electron chi connectivity index (χ1n) is 9.24. The van der Waals surface area contributed by atoms with Crippen LogP contribution in [0.5, 0.6) is 11.5 Å². The lowest BCUT2D eigenvalue weighted by Crippen LogP contribution is -2.12. The summed E-state index contributed by atoms with van der Waals surface area (Å²) in [5.74, 6) is -0.417. The molecule has 31 heavy (non-hydrogen) atoms. The molecule has 0 atom stereocenters. The summed E-state index contributed by atoms with van der Waals surface area (Å²) in [6.45, 7) is 3.33. The fourth-order valence-corrected chi connectivity index (χ4v) is 3.44. The number of hydrogen-bond donors (Lipinski definition) is 0. The average Bonchev–Trinajstić information content (AvgIpc) is 3.10. The summed E-state index contributed by atoms with van der Waals surface area (Å²) >= 11 is 6.07. The number of methoxy groups -OCH3 is 2. The topological polar surface area (TPSA) is 62.1 Å². The van der Waals surface area contributed by atoms with Gasteiger partial charge in [-0.2, -0.15) is 13.2 Å². The minimum absolute atomic E-state index is 0.0708. The molecule has 166 valence electrons. The minimum Gasteiger partial charge on any atom is -0.496 e. The highest BCUT2D eigenvalue weighted by Gasteiger charge is 2.33. The lowest BCUT2D eigenvalue weighted by atomic mass is 10.1. The molecule has 3 aromatic rings. The predicted molar refractivity (Wildman–Crippen MR) is 108 cm³/mol. The van der Waals surface area contributed by atoms with Crippen LogP contribution in [0.2, 0.25) is 5.02 Å². The number of ether oxygens (including phenoxy) is 3. The van der Waals surface area contributed by atoms with Gasteiger partial charge in [-0.05, 0) is 24.1 Å². The van der Waals surface area contributed by atoms with Gasteiger partial charge < -0.3 is 14.2 Å². The monoisotopic (exact) mass is 456 g/mol. The van der Waals surface area contributed by atoms with E-state index in [1.54, 1.807) is 18.2 Å². The third-order valence-corrected chi connectivity index (χ3v) is 4.93. The Morgan fingerprint density at radius 3 is 2.32 bits per heavy atom. The van der Waals surface area contributed by atoms with E-state index >= 15 is 0 Å². The molecule has 0 amide bonds. The van der Waals surface area contributed by atoms with E-state index in [4.69, 9.17) is 25.8 Å². The molecule has 2 aromatic heterocycles. The Bertz CT molecular complexity index is 1100. The van der Waals surface area contributed by atoms with E-state index in [9.17, 15) is 18.0 Å². The zero-order chi connectivity index (χ0) is 22.9. The second-order valence-corrected chi connectivity index (χ2v) is 7.39. The Balaban J connectivity index is 2.04. The number of hydrogen-bond acceptors (Lipinski definition) is 5. The minimum atomic E-state index is -4.60. The van der Waals surface area contributed by atoms with E-state index in [0.717, 1.165) is 12.3 Å². The molecule has 0 saturated carbocycles. The van der Waals surface area contributed by atoms with Gasteiger partial charge in [0.25, 0.3) is 0 Å². The molecule has 0 unspecified atom stereocenters. The Morgan fingerprint density at radius 2 is 1.81 bits per heavy atom. The molecular weight excluding hydrogens is 437 g/mol. The highest BCUT2D eigenvalue weighted by atomic mass is 35.5. The number of fused-ring (bicyclic) bond motifs is 1. The molecule has 0 aliphatic heterocycles. The molecule has 0 bridgehead atoms. The Morgan fingerprint density at radius 1 is 1.19 bits per heavy atom. The fraction of sp³-hybridized carbons (Fsp3) is 0.333. The van der Waals surface area contributed by atoms with Crippen molar-refractivity contribution in [3.63, 3.8) is 0 Å². The SMILES string of the molecule is COc1cccc(OC)c1C(=O)OCc1c(C(C)C)nc2c(Cl)cc(C(F)(F)F)cn12. The molecule has 0 saturated heterocycles. The number of carbonyl (C=O) groups excluding carboxylic acids is 1. The maximum absolute atomic E-state index is 13.3. The standard InChI is InChI=1S/C21H20ClF3N2O4/c1-11(2)18-14(27-9-12(21(23,24)25)8-13(22)19(27)26-18)10-31-20(28)17-15(29-3)6-5-7-16(17)30-4/h5-9,11H,10H2,1-4H3. The normalized spacial score (nSPS) is 11.8. The summed E-state index contributed by atoms with van der Waals surface area (Å²) in [5.41, 5.74) is 0.0543. The number of rotatable bonds is 6. The van der Waals surface area contributed by atoms with Gasteiger partial charge in [0.05, 0.1) is 36.2 Å². The first kappa shape index (κ1) is 22.7. The maximum Gasteiger partial charge on any atom is 0.417 e. The van der Waals surface area contributed by atoms with Crippen molar-refractivity contribution in [3.05, 3.63) is 58.0 Å². The molecule has 0 radical (unpaired) electrons. The van der Waals surface area contributed by atoms with E-state index in [1.165, 1.54) is 18.6 Å². The highest BCUT2D eigenvalue weighted by molar-refractivity contribution is 6.33. The summed E-state index contributed by atoms with van der Waals surface area (Å²) < 4.78 is 56.9. The second kappa shape index (κ2) is 8.66. The van der Waals surface area contributed by atoms with Crippen molar-refractivity contribution in [3.8, 4) is 11.5 Å². The van der Waals surface area contributed by atoms with Crippen LogP contribution in [0.3, 0.4) is 0 Å². The van der Waals surface area contributed by atoms with Crippen LogP contribution >= 0.6 is 11.6 Å². The molecule has 0 N–H and O–H groups in total. The molecular formula is C21H20ClF3N2O4. The Kier molecular flexibility index (Phi) is 6.35. The van der Waals surface area contributed by atoms with Crippen molar-refractivity contribution < 1.29 is 32.2 Å². The van der Waals surface area contributed by atoms with Crippen molar-refractivity contribution in [2.24, 2.45) is 0 Å². The summed E-state index contributed by atoms with van der Waals surface area (Å²) in [4.78, 5) is 17.2. The number of halogens is 4. The number of aromatic nitrogens is 2. The number of benzene rings is 1. The lowest BCUT2D eigenvalue weighted by molar-refractivity contribution is -0.137. The van der Waals surface area contributed by atoms with Crippen LogP contribution in [0.25, 0.3) is 5.65 Å². The van der Waals surface area contributed by atoms with Crippen molar-refractivity contribution >= 4 is 23.2 Å². The third-order valence-electron chi connectivity index (χ3n) is 4.65. The zero-order valence-electron chi connectivity index (χ0n) is 17.2. The van der Waals surface area contributed by atoms with Crippen molar-refractivity contribution in [2.75, 3.05) is 14.2 Å². The van der Waals surface area contributed by atoms with Crippen molar-refractivity contribution in [1.29, 1.82) is 0 Å². The van der Waals surface area contributed by atoms with Crippen molar-refractivity contribution in [1.82, 2.24) is 9.38 Å². The van der Waals surface area contributed by atoms with Crippen LogP contribution in [-0.2, 0) is 17.5 Å². The lowest BCUT2D eigenvalue weighted by Gasteiger charge is -2.14. The van der Waals surface area contributed by atoms with Gasteiger partial charge in [0.1, 0.15) is 23.7 Å². The van der Waals surface area contributed by atoms with Gasteiger partial charge in [-0.3, -0.25) is 4.40 Å². The molecule has 0 fully saturated rings.